The van der Waals surface area contributed by atoms with Crippen molar-refractivity contribution in [3.8, 4) is 17.2 Å². The number of hydrogen-bond donors (Lipinski definition) is 0. The van der Waals surface area contributed by atoms with E-state index in [1.54, 1.807) is 31.4 Å². The molecule has 0 N–H and O–H groups in total. The minimum absolute atomic E-state index is 0.0157. The van der Waals surface area contributed by atoms with E-state index in [1.165, 1.54) is 0 Å². The molecule has 30 heavy (non-hydrogen) atoms. The van der Waals surface area contributed by atoms with Gasteiger partial charge in [0.05, 0.1) is 12.7 Å². The van der Waals surface area contributed by atoms with Crippen LogP contribution in [0.5, 0.6) is 17.2 Å². The van der Waals surface area contributed by atoms with Gasteiger partial charge in [0.2, 0.25) is 5.78 Å². The molecule has 2 aromatic carbocycles. The van der Waals surface area contributed by atoms with Crippen molar-refractivity contribution in [2.24, 2.45) is 5.92 Å². The molecule has 2 aliphatic heterocycles. The lowest BCUT2D eigenvalue weighted by molar-refractivity contribution is -0.134. The van der Waals surface area contributed by atoms with E-state index in [0.29, 0.717) is 28.7 Å². The molecule has 2 heterocycles. The topological polar surface area (TPSA) is 65.1 Å². The third kappa shape index (κ3) is 4.32. The van der Waals surface area contributed by atoms with Crippen molar-refractivity contribution < 1.29 is 23.8 Å². The van der Waals surface area contributed by atoms with E-state index in [-0.39, 0.29) is 24.1 Å². The van der Waals surface area contributed by atoms with Crippen molar-refractivity contribution in [2.75, 3.05) is 26.8 Å². The Morgan fingerprint density at radius 3 is 2.73 bits per heavy atom. The van der Waals surface area contributed by atoms with E-state index in [4.69, 9.17) is 14.2 Å². The molecule has 1 saturated heterocycles. The van der Waals surface area contributed by atoms with Gasteiger partial charge in [0, 0.05) is 19.2 Å². The van der Waals surface area contributed by atoms with E-state index in [2.05, 4.69) is 6.92 Å². The monoisotopic (exact) mass is 407 g/mol. The maximum Gasteiger partial charge on any atom is 0.260 e. The van der Waals surface area contributed by atoms with Crippen LogP contribution in [0.4, 0.5) is 0 Å². The molecule has 0 spiro atoms. The molecule has 0 atom stereocenters. The third-order valence-corrected chi connectivity index (χ3v) is 5.53. The Bertz CT molecular complexity index is 989. The van der Waals surface area contributed by atoms with E-state index < -0.39 is 0 Å². The van der Waals surface area contributed by atoms with E-state index >= 15 is 0 Å². The second-order valence-electron chi connectivity index (χ2n) is 7.73. The zero-order valence-corrected chi connectivity index (χ0v) is 17.2. The number of ketones is 1. The molecule has 156 valence electrons. The molecule has 6 heteroatoms. The number of nitrogens with zero attached hydrogens (tertiary/aromatic N) is 1. The Balaban J connectivity index is 1.42. The quantitative estimate of drug-likeness (QED) is 0.703. The number of methoxy groups -OCH3 is 1. The van der Waals surface area contributed by atoms with Gasteiger partial charge < -0.3 is 19.1 Å². The van der Waals surface area contributed by atoms with Crippen LogP contribution >= 0.6 is 0 Å². The number of fused-ring (bicyclic) bond motifs is 1. The molecular weight excluding hydrogens is 382 g/mol. The highest BCUT2D eigenvalue weighted by Gasteiger charge is 2.28. The molecule has 0 saturated carbocycles. The lowest BCUT2D eigenvalue weighted by Crippen LogP contribution is -2.40. The van der Waals surface area contributed by atoms with Crippen molar-refractivity contribution in [3.05, 3.63) is 59.4 Å². The highest BCUT2D eigenvalue weighted by Crippen LogP contribution is 2.35. The first-order valence-electron chi connectivity index (χ1n) is 10.2. The van der Waals surface area contributed by atoms with Crippen molar-refractivity contribution in [1.29, 1.82) is 0 Å². The van der Waals surface area contributed by atoms with Crippen LogP contribution in [-0.2, 0) is 4.79 Å². The predicted octanol–water partition coefficient (Wildman–Crippen LogP) is 3.95. The zero-order valence-electron chi connectivity index (χ0n) is 17.2. The molecule has 0 aromatic heterocycles. The number of likely N-dealkylation sites (tertiary alicyclic amines) is 1. The van der Waals surface area contributed by atoms with E-state index in [1.807, 2.05) is 29.2 Å². The fourth-order valence-electron chi connectivity index (χ4n) is 3.63. The highest BCUT2D eigenvalue weighted by atomic mass is 16.5. The molecule has 6 nitrogen and oxygen atoms in total. The summed E-state index contributed by atoms with van der Waals surface area (Å²) < 4.78 is 16.7. The molecule has 2 aromatic rings. The number of allylic oxidation sites excluding steroid dienone is 1. The van der Waals surface area contributed by atoms with Gasteiger partial charge in [-0.05, 0) is 54.7 Å². The third-order valence-electron chi connectivity index (χ3n) is 5.53. The van der Waals surface area contributed by atoms with Gasteiger partial charge in [0.25, 0.3) is 5.91 Å². The maximum absolute atomic E-state index is 12.6. The number of piperidine rings is 1. The normalized spacial score (nSPS) is 17.6. The van der Waals surface area contributed by atoms with Crippen LogP contribution in [0.2, 0.25) is 0 Å². The second-order valence-corrected chi connectivity index (χ2v) is 7.73. The summed E-state index contributed by atoms with van der Waals surface area (Å²) in [7, 11) is 1.59. The Labute approximate surface area is 176 Å². The molecule has 2 aliphatic rings. The SMILES string of the molecule is COc1cccc(C=C2Oc3cc(OCC(=O)N4CCC(C)CC4)ccc3C2=O)c1. The van der Waals surface area contributed by atoms with Crippen molar-refractivity contribution >= 4 is 17.8 Å². The molecule has 1 amide bonds. The number of carbonyl (C=O) groups is 2. The summed E-state index contributed by atoms with van der Waals surface area (Å²) in [5, 5.41) is 0. The minimum Gasteiger partial charge on any atom is -0.497 e. The number of rotatable bonds is 5. The average Bonchev–Trinajstić information content (AvgIpc) is 3.07. The number of carbonyl (C=O) groups excluding carboxylic acids is 2. The van der Waals surface area contributed by atoms with Crippen molar-refractivity contribution in [2.45, 2.75) is 19.8 Å². The van der Waals surface area contributed by atoms with Crippen LogP contribution in [0.25, 0.3) is 6.08 Å². The standard InChI is InChI=1S/C24H25NO5/c1-16-8-10-25(11-9-16)23(26)15-29-19-6-7-20-21(14-19)30-22(24(20)27)13-17-4-3-5-18(12-17)28-2/h3-7,12-14,16H,8-11,15H2,1-2H3. The number of amides is 1. The van der Waals surface area contributed by atoms with Crippen LogP contribution in [0.1, 0.15) is 35.7 Å². The summed E-state index contributed by atoms with van der Waals surface area (Å²) in [5.41, 5.74) is 1.29. The number of Topliss-reactive ketones (excluding diaryl/α,β-unsaturated/α-hetero) is 1. The summed E-state index contributed by atoms with van der Waals surface area (Å²) in [5.74, 6) is 2.36. The number of ether oxygens (including phenoxy) is 3. The van der Waals surface area contributed by atoms with Crippen LogP contribution in [0, 0.1) is 5.92 Å². The predicted molar refractivity (Wildman–Crippen MR) is 113 cm³/mol. The lowest BCUT2D eigenvalue weighted by Gasteiger charge is -2.30. The molecule has 0 aliphatic carbocycles. The molecule has 1 fully saturated rings. The molecule has 0 bridgehead atoms. The van der Waals surface area contributed by atoms with Gasteiger partial charge >= 0.3 is 0 Å². The Kier molecular flexibility index (Phi) is 5.74. The van der Waals surface area contributed by atoms with E-state index in [0.717, 1.165) is 31.5 Å². The number of hydrogen-bond acceptors (Lipinski definition) is 5. The highest BCUT2D eigenvalue weighted by molar-refractivity contribution is 6.14. The largest absolute Gasteiger partial charge is 0.497 e. The molecular formula is C24H25NO5. The Hall–Kier alpha value is -3.28. The molecule has 4 rings (SSSR count). The molecule has 0 unspecified atom stereocenters. The van der Waals surface area contributed by atoms with Crippen LogP contribution in [0.3, 0.4) is 0 Å². The van der Waals surface area contributed by atoms with E-state index in [9.17, 15) is 9.59 Å². The summed E-state index contributed by atoms with van der Waals surface area (Å²) >= 11 is 0. The van der Waals surface area contributed by atoms with Gasteiger partial charge in [-0.25, -0.2) is 0 Å². The van der Waals surface area contributed by atoms with Crippen LogP contribution < -0.4 is 14.2 Å². The van der Waals surface area contributed by atoms with Crippen LogP contribution in [-0.4, -0.2) is 43.4 Å². The van der Waals surface area contributed by atoms with Gasteiger partial charge in [0.15, 0.2) is 12.4 Å². The first-order chi connectivity index (χ1) is 14.5. The fourth-order valence-corrected chi connectivity index (χ4v) is 3.63. The lowest BCUT2D eigenvalue weighted by atomic mass is 9.99. The summed E-state index contributed by atoms with van der Waals surface area (Å²) in [4.78, 5) is 26.9. The maximum atomic E-state index is 12.6. The first-order valence-corrected chi connectivity index (χ1v) is 10.2. The number of benzene rings is 2. The summed E-state index contributed by atoms with van der Waals surface area (Å²) in [6.07, 6.45) is 3.75. The fraction of sp³-hybridized carbons (Fsp3) is 0.333. The van der Waals surface area contributed by atoms with Gasteiger partial charge in [-0.1, -0.05) is 19.1 Å². The molecule has 0 radical (unpaired) electrons. The second kappa shape index (κ2) is 8.61. The summed E-state index contributed by atoms with van der Waals surface area (Å²) in [6.45, 7) is 3.75. The van der Waals surface area contributed by atoms with Crippen LogP contribution in [0.15, 0.2) is 48.2 Å². The van der Waals surface area contributed by atoms with Crippen molar-refractivity contribution in [3.63, 3.8) is 0 Å². The first kappa shape index (κ1) is 20.0. The average molecular weight is 407 g/mol. The smallest absolute Gasteiger partial charge is 0.260 e. The zero-order chi connectivity index (χ0) is 21.1. The Morgan fingerprint density at radius 2 is 1.97 bits per heavy atom. The van der Waals surface area contributed by atoms with Gasteiger partial charge in [-0.15, -0.1) is 0 Å². The summed E-state index contributed by atoms with van der Waals surface area (Å²) in [6, 6.07) is 12.4. The Morgan fingerprint density at radius 1 is 1.17 bits per heavy atom. The van der Waals surface area contributed by atoms with Gasteiger partial charge in [-0.3, -0.25) is 9.59 Å². The minimum atomic E-state index is -0.183. The van der Waals surface area contributed by atoms with Gasteiger partial charge in [0.1, 0.15) is 17.2 Å². The van der Waals surface area contributed by atoms with Gasteiger partial charge in [-0.2, -0.15) is 0 Å². The van der Waals surface area contributed by atoms with Crippen molar-refractivity contribution in [1.82, 2.24) is 4.90 Å².